The summed E-state index contributed by atoms with van der Waals surface area (Å²) in [6.45, 7) is 8.94. The molecule has 0 aromatic heterocycles. The summed E-state index contributed by atoms with van der Waals surface area (Å²) in [5, 5.41) is 3.42. The third kappa shape index (κ3) is 6.51. The molecule has 1 fully saturated rings. The zero-order valence-electron chi connectivity index (χ0n) is 17.9. The van der Waals surface area contributed by atoms with Gasteiger partial charge in [-0.3, -0.25) is 9.79 Å². The minimum absolute atomic E-state index is 0.0909. The lowest BCUT2D eigenvalue weighted by atomic mass is 9.96. The normalized spacial score (nSPS) is 15.4. The molecule has 0 bridgehead atoms. The quantitative estimate of drug-likeness (QED) is 0.549. The molecule has 156 valence electrons. The Morgan fingerprint density at radius 2 is 1.82 bits per heavy atom. The average molecular weight is 389 g/mol. The molecular formula is C22H36N4O2. The van der Waals surface area contributed by atoms with E-state index in [0.29, 0.717) is 6.54 Å². The predicted molar refractivity (Wildman–Crippen MR) is 115 cm³/mol. The standard InChI is InChI=1S/C22H36N4O2/c1-5-26(6-2)21(27)20-9-7-19(8-10-20)17-24-22(23-3)25(4)14-11-18-12-15-28-16-13-18/h7-10,18H,5-6,11-17H2,1-4H3,(H,23,24). The number of benzene rings is 1. The third-order valence-electron chi connectivity index (χ3n) is 5.49. The number of carbonyl (C=O) groups excluding carboxylic acids is 1. The fourth-order valence-electron chi connectivity index (χ4n) is 3.54. The van der Waals surface area contributed by atoms with Gasteiger partial charge in [0.05, 0.1) is 0 Å². The fourth-order valence-corrected chi connectivity index (χ4v) is 3.54. The molecular weight excluding hydrogens is 352 g/mol. The minimum Gasteiger partial charge on any atom is -0.381 e. The zero-order valence-corrected chi connectivity index (χ0v) is 17.9. The van der Waals surface area contributed by atoms with E-state index in [1.165, 1.54) is 19.3 Å². The number of hydrogen-bond donors (Lipinski definition) is 1. The highest BCUT2D eigenvalue weighted by Gasteiger charge is 2.16. The van der Waals surface area contributed by atoms with Gasteiger partial charge in [-0.05, 0) is 56.7 Å². The molecule has 0 radical (unpaired) electrons. The summed E-state index contributed by atoms with van der Waals surface area (Å²) < 4.78 is 5.44. The first-order valence-corrected chi connectivity index (χ1v) is 10.5. The number of amides is 1. The second-order valence-corrected chi connectivity index (χ2v) is 7.34. The van der Waals surface area contributed by atoms with E-state index in [1.807, 2.05) is 50.1 Å². The van der Waals surface area contributed by atoms with Gasteiger partial charge in [-0.15, -0.1) is 0 Å². The highest BCUT2D eigenvalue weighted by Crippen LogP contribution is 2.18. The number of ether oxygens (including phenoxy) is 1. The van der Waals surface area contributed by atoms with Gasteiger partial charge in [-0.2, -0.15) is 0 Å². The summed E-state index contributed by atoms with van der Waals surface area (Å²) in [5.41, 5.74) is 1.88. The second kappa shape index (κ2) is 11.7. The van der Waals surface area contributed by atoms with Crippen LogP contribution in [0.5, 0.6) is 0 Å². The first kappa shape index (κ1) is 22.2. The van der Waals surface area contributed by atoms with E-state index in [-0.39, 0.29) is 5.91 Å². The Kier molecular flexibility index (Phi) is 9.28. The Morgan fingerprint density at radius 1 is 1.18 bits per heavy atom. The Labute approximate surface area is 170 Å². The van der Waals surface area contributed by atoms with Crippen molar-refractivity contribution in [3.63, 3.8) is 0 Å². The van der Waals surface area contributed by atoms with Crippen molar-refractivity contribution in [3.8, 4) is 0 Å². The number of guanidine groups is 1. The third-order valence-corrected chi connectivity index (χ3v) is 5.49. The van der Waals surface area contributed by atoms with Crippen molar-refractivity contribution < 1.29 is 9.53 Å². The van der Waals surface area contributed by atoms with Crippen LogP contribution in [0.25, 0.3) is 0 Å². The summed E-state index contributed by atoms with van der Waals surface area (Å²) in [6.07, 6.45) is 3.50. The molecule has 1 aliphatic rings. The van der Waals surface area contributed by atoms with Crippen LogP contribution < -0.4 is 5.32 Å². The van der Waals surface area contributed by atoms with Gasteiger partial charge in [0.1, 0.15) is 0 Å². The molecule has 0 unspecified atom stereocenters. The average Bonchev–Trinajstić information content (AvgIpc) is 2.74. The molecule has 6 nitrogen and oxygen atoms in total. The number of nitrogens with zero attached hydrogens (tertiary/aromatic N) is 3. The first-order valence-electron chi connectivity index (χ1n) is 10.5. The summed E-state index contributed by atoms with van der Waals surface area (Å²) >= 11 is 0. The van der Waals surface area contributed by atoms with Crippen molar-refractivity contribution in [2.24, 2.45) is 10.9 Å². The van der Waals surface area contributed by atoms with Gasteiger partial charge in [0.2, 0.25) is 0 Å². The Morgan fingerprint density at radius 3 is 2.39 bits per heavy atom. The molecule has 2 rings (SSSR count). The van der Waals surface area contributed by atoms with Crippen molar-refractivity contribution in [1.82, 2.24) is 15.1 Å². The highest BCUT2D eigenvalue weighted by atomic mass is 16.5. The van der Waals surface area contributed by atoms with Gasteiger partial charge in [-0.1, -0.05) is 12.1 Å². The fraction of sp³-hybridized carbons (Fsp3) is 0.636. The molecule has 0 spiro atoms. The van der Waals surface area contributed by atoms with E-state index in [1.54, 1.807) is 0 Å². The lowest BCUT2D eigenvalue weighted by molar-refractivity contribution is 0.0625. The maximum absolute atomic E-state index is 12.4. The summed E-state index contributed by atoms with van der Waals surface area (Å²) in [7, 11) is 3.90. The predicted octanol–water partition coefficient (Wildman–Crippen LogP) is 2.99. The molecule has 1 amide bonds. The number of aliphatic imine (C=N–C) groups is 1. The van der Waals surface area contributed by atoms with Crippen molar-refractivity contribution in [3.05, 3.63) is 35.4 Å². The van der Waals surface area contributed by atoms with Crippen LogP contribution >= 0.6 is 0 Å². The Balaban J connectivity index is 1.82. The van der Waals surface area contributed by atoms with Crippen LogP contribution in [-0.2, 0) is 11.3 Å². The molecule has 1 heterocycles. The van der Waals surface area contributed by atoms with Gasteiger partial charge < -0.3 is 19.9 Å². The molecule has 1 aromatic rings. The Bertz CT molecular complexity index is 620. The van der Waals surface area contributed by atoms with E-state index in [4.69, 9.17) is 4.74 Å². The topological polar surface area (TPSA) is 57.2 Å². The van der Waals surface area contributed by atoms with Gasteiger partial charge in [0.25, 0.3) is 5.91 Å². The van der Waals surface area contributed by atoms with E-state index in [9.17, 15) is 4.79 Å². The van der Waals surface area contributed by atoms with E-state index >= 15 is 0 Å². The van der Waals surface area contributed by atoms with E-state index in [0.717, 1.165) is 55.9 Å². The Hall–Kier alpha value is -2.08. The lowest BCUT2D eigenvalue weighted by Crippen LogP contribution is -2.39. The van der Waals surface area contributed by atoms with Crippen molar-refractivity contribution in [1.29, 1.82) is 0 Å². The number of carbonyl (C=O) groups is 1. The molecule has 1 aromatic carbocycles. The van der Waals surface area contributed by atoms with Crippen LogP contribution in [0.4, 0.5) is 0 Å². The molecule has 1 N–H and O–H groups in total. The second-order valence-electron chi connectivity index (χ2n) is 7.34. The van der Waals surface area contributed by atoms with Crippen molar-refractivity contribution >= 4 is 11.9 Å². The first-order chi connectivity index (χ1) is 13.6. The number of rotatable bonds is 8. The SMILES string of the molecule is CCN(CC)C(=O)c1ccc(CNC(=NC)N(C)CCC2CCOCC2)cc1. The number of nitrogens with one attached hydrogen (secondary N) is 1. The van der Waals surface area contributed by atoms with Crippen LogP contribution in [0.2, 0.25) is 0 Å². The molecule has 1 saturated heterocycles. The van der Waals surface area contributed by atoms with Crippen molar-refractivity contribution in [2.45, 2.75) is 39.7 Å². The lowest BCUT2D eigenvalue weighted by Gasteiger charge is -2.27. The maximum atomic E-state index is 12.4. The van der Waals surface area contributed by atoms with E-state index < -0.39 is 0 Å². The van der Waals surface area contributed by atoms with Crippen LogP contribution in [0.3, 0.4) is 0 Å². The van der Waals surface area contributed by atoms with Crippen molar-refractivity contribution in [2.75, 3.05) is 46.9 Å². The molecule has 0 aliphatic carbocycles. The summed E-state index contributed by atoms with van der Waals surface area (Å²) in [4.78, 5) is 20.8. The monoisotopic (exact) mass is 388 g/mol. The molecule has 0 saturated carbocycles. The van der Waals surface area contributed by atoms with Crippen LogP contribution in [-0.4, -0.2) is 68.6 Å². The van der Waals surface area contributed by atoms with Crippen LogP contribution in [0.1, 0.15) is 49.0 Å². The van der Waals surface area contributed by atoms with Crippen LogP contribution in [0.15, 0.2) is 29.3 Å². The van der Waals surface area contributed by atoms with Gasteiger partial charge in [0.15, 0.2) is 5.96 Å². The smallest absolute Gasteiger partial charge is 0.253 e. The minimum atomic E-state index is 0.0909. The van der Waals surface area contributed by atoms with E-state index in [2.05, 4.69) is 22.3 Å². The largest absolute Gasteiger partial charge is 0.381 e. The highest BCUT2D eigenvalue weighted by molar-refractivity contribution is 5.94. The molecule has 0 atom stereocenters. The zero-order chi connectivity index (χ0) is 20.4. The summed E-state index contributed by atoms with van der Waals surface area (Å²) in [6, 6.07) is 7.85. The van der Waals surface area contributed by atoms with Gasteiger partial charge in [0, 0.05) is 59.1 Å². The molecule has 28 heavy (non-hydrogen) atoms. The molecule has 1 aliphatic heterocycles. The van der Waals surface area contributed by atoms with Gasteiger partial charge >= 0.3 is 0 Å². The summed E-state index contributed by atoms with van der Waals surface area (Å²) in [5.74, 6) is 1.74. The van der Waals surface area contributed by atoms with Gasteiger partial charge in [-0.25, -0.2) is 0 Å². The van der Waals surface area contributed by atoms with Crippen LogP contribution in [0, 0.1) is 5.92 Å². The number of hydrogen-bond acceptors (Lipinski definition) is 3. The maximum Gasteiger partial charge on any atom is 0.253 e. The molecule has 6 heteroatoms.